The molecule has 2 heterocycles. The molecule has 2 aliphatic rings. The van der Waals surface area contributed by atoms with E-state index in [1.807, 2.05) is 0 Å². The van der Waals surface area contributed by atoms with Crippen LogP contribution in [0.3, 0.4) is 0 Å². The number of rotatable bonds is 11. The first kappa shape index (κ1) is 21.5. The van der Waals surface area contributed by atoms with Crippen molar-refractivity contribution < 1.29 is 9.47 Å². The molecule has 0 radical (unpaired) electrons. The number of benzene rings is 2. The Labute approximate surface area is 181 Å². The zero-order valence-electron chi connectivity index (χ0n) is 18.1. The largest absolute Gasteiger partial charge is 0.375 e. The first-order chi connectivity index (χ1) is 14.9. The van der Waals surface area contributed by atoms with Crippen molar-refractivity contribution in [2.24, 2.45) is 0 Å². The van der Waals surface area contributed by atoms with Crippen molar-refractivity contribution in [3.05, 3.63) is 71.8 Å². The first-order valence-electron chi connectivity index (χ1n) is 11.6. The van der Waals surface area contributed by atoms with E-state index in [0.29, 0.717) is 12.1 Å². The van der Waals surface area contributed by atoms with Gasteiger partial charge < -0.3 is 9.47 Å². The molecule has 4 heteroatoms. The Hall–Kier alpha value is -1.72. The van der Waals surface area contributed by atoms with Crippen LogP contribution in [0.15, 0.2) is 60.7 Å². The highest BCUT2D eigenvalue weighted by Crippen LogP contribution is 2.21. The van der Waals surface area contributed by atoms with Crippen LogP contribution in [-0.4, -0.2) is 61.3 Å². The lowest BCUT2D eigenvalue weighted by molar-refractivity contribution is 0.0489. The van der Waals surface area contributed by atoms with Gasteiger partial charge >= 0.3 is 0 Å². The molecule has 0 amide bonds. The van der Waals surface area contributed by atoms with Crippen molar-refractivity contribution >= 4 is 0 Å². The van der Waals surface area contributed by atoms with E-state index in [4.69, 9.17) is 9.47 Å². The zero-order valence-corrected chi connectivity index (χ0v) is 18.1. The summed E-state index contributed by atoms with van der Waals surface area (Å²) in [6.45, 7) is 7.85. The van der Waals surface area contributed by atoms with E-state index in [-0.39, 0.29) is 0 Å². The molecule has 2 aromatic carbocycles. The van der Waals surface area contributed by atoms with Gasteiger partial charge in [0.15, 0.2) is 0 Å². The van der Waals surface area contributed by atoms with Gasteiger partial charge in [0, 0.05) is 25.2 Å². The maximum atomic E-state index is 6.05. The Kier molecular flexibility index (Phi) is 8.33. The fourth-order valence-corrected chi connectivity index (χ4v) is 4.79. The average Bonchev–Trinajstić information content (AvgIpc) is 3.43. The second kappa shape index (κ2) is 11.6. The van der Waals surface area contributed by atoms with Crippen molar-refractivity contribution in [3.8, 4) is 0 Å². The van der Waals surface area contributed by atoms with Crippen molar-refractivity contribution in [2.45, 2.75) is 51.0 Å². The summed E-state index contributed by atoms with van der Waals surface area (Å²) in [7, 11) is 0. The quantitative estimate of drug-likeness (QED) is 0.552. The number of hydrogen-bond donors (Lipinski definition) is 0. The van der Waals surface area contributed by atoms with Gasteiger partial charge in [0.2, 0.25) is 0 Å². The fraction of sp³-hybridized carbons (Fsp3) is 0.538. The Morgan fingerprint density at radius 1 is 0.633 bits per heavy atom. The van der Waals surface area contributed by atoms with E-state index >= 15 is 0 Å². The summed E-state index contributed by atoms with van der Waals surface area (Å²) < 4.78 is 12.1. The topological polar surface area (TPSA) is 24.9 Å². The lowest BCUT2D eigenvalue weighted by Gasteiger charge is -2.29. The van der Waals surface area contributed by atoms with Gasteiger partial charge in [-0.05, 0) is 49.9 Å². The molecule has 4 rings (SSSR count). The van der Waals surface area contributed by atoms with Crippen LogP contribution in [0.2, 0.25) is 0 Å². The molecule has 2 saturated heterocycles. The van der Waals surface area contributed by atoms with Crippen LogP contribution in [-0.2, 0) is 22.7 Å². The van der Waals surface area contributed by atoms with Gasteiger partial charge in [-0.2, -0.15) is 0 Å². The maximum Gasteiger partial charge on any atom is 0.0717 e. The minimum Gasteiger partial charge on any atom is -0.375 e. The number of ether oxygens (including phenoxy) is 2. The van der Waals surface area contributed by atoms with Gasteiger partial charge in [0.25, 0.3) is 0 Å². The molecule has 2 atom stereocenters. The predicted octanol–water partition coefficient (Wildman–Crippen LogP) is 4.35. The van der Waals surface area contributed by atoms with Crippen LogP contribution in [0.4, 0.5) is 0 Å². The molecule has 0 aliphatic carbocycles. The summed E-state index contributed by atoms with van der Waals surface area (Å²) in [6, 6.07) is 22.1. The molecule has 0 bridgehead atoms. The number of hydrogen-bond acceptors (Lipinski definition) is 4. The molecule has 2 aromatic rings. The summed E-state index contributed by atoms with van der Waals surface area (Å²) in [5, 5.41) is 0. The van der Waals surface area contributed by atoms with Crippen molar-refractivity contribution in [3.63, 3.8) is 0 Å². The van der Waals surface area contributed by atoms with Crippen molar-refractivity contribution in [1.82, 2.24) is 9.80 Å². The third kappa shape index (κ3) is 6.39. The smallest absolute Gasteiger partial charge is 0.0717 e. The van der Waals surface area contributed by atoms with Crippen LogP contribution >= 0.6 is 0 Å². The number of nitrogens with zero attached hydrogens (tertiary/aromatic N) is 2. The highest BCUT2D eigenvalue weighted by atomic mass is 16.5. The second-order valence-corrected chi connectivity index (χ2v) is 8.67. The van der Waals surface area contributed by atoms with Crippen LogP contribution in [0.25, 0.3) is 0 Å². The lowest BCUT2D eigenvalue weighted by atomic mass is 10.2. The average molecular weight is 409 g/mol. The molecule has 0 spiro atoms. The van der Waals surface area contributed by atoms with E-state index in [9.17, 15) is 0 Å². The predicted molar refractivity (Wildman–Crippen MR) is 121 cm³/mol. The Morgan fingerprint density at radius 2 is 1.07 bits per heavy atom. The summed E-state index contributed by atoms with van der Waals surface area (Å²) in [6.07, 6.45) is 5.11. The molecule has 162 valence electrons. The van der Waals surface area contributed by atoms with E-state index in [1.54, 1.807) is 0 Å². The minimum absolute atomic E-state index is 0.573. The molecule has 0 saturated carbocycles. The standard InChI is InChI=1S/C26H36N2O2/c1-3-9-23(10-4-1)19-29-21-25-13-7-15-27(25)17-18-28-16-8-14-26(28)22-30-20-24-11-5-2-6-12-24/h1-6,9-12,25-26H,7-8,13-22H2/t25-,26-/m0/s1. The molecule has 0 N–H and O–H groups in total. The molecular formula is C26H36N2O2. The Morgan fingerprint density at radius 3 is 1.50 bits per heavy atom. The van der Waals surface area contributed by atoms with E-state index in [1.165, 1.54) is 49.9 Å². The summed E-state index contributed by atoms with van der Waals surface area (Å²) in [5.74, 6) is 0. The number of likely N-dealkylation sites (tertiary alicyclic amines) is 2. The van der Waals surface area contributed by atoms with Gasteiger partial charge in [-0.25, -0.2) is 0 Å². The van der Waals surface area contributed by atoms with Gasteiger partial charge in [-0.3, -0.25) is 9.80 Å². The Bertz CT molecular complexity index is 661. The summed E-state index contributed by atoms with van der Waals surface area (Å²) >= 11 is 0. The van der Waals surface area contributed by atoms with Crippen LogP contribution in [0.1, 0.15) is 36.8 Å². The third-order valence-electron chi connectivity index (χ3n) is 6.52. The third-order valence-corrected chi connectivity index (χ3v) is 6.52. The molecule has 0 aromatic heterocycles. The maximum absolute atomic E-state index is 6.05. The van der Waals surface area contributed by atoms with Gasteiger partial charge in [0.05, 0.1) is 26.4 Å². The van der Waals surface area contributed by atoms with Gasteiger partial charge in [-0.15, -0.1) is 0 Å². The van der Waals surface area contributed by atoms with E-state index in [2.05, 4.69) is 70.5 Å². The van der Waals surface area contributed by atoms with E-state index in [0.717, 1.165) is 39.5 Å². The van der Waals surface area contributed by atoms with Crippen LogP contribution in [0.5, 0.6) is 0 Å². The fourth-order valence-electron chi connectivity index (χ4n) is 4.79. The lowest BCUT2D eigenvalue weighted by Crippen LogP contribution is -2.42. The second-order valence-electron chi connectivity index (χ2n) is 8.67. The highest BCUT2D eigenvalue weighted by molar-refractivity contribution is 5.14. The monoisotopic (exact) mass is 408 g/mol. The Balaban J connectivity index is 1.16. The van der Waals surface area contributed by atoms with Crippen molar-refractivity contribution in [2.75, 3.05) is 39.4 Å². The SMILES string of the molecule is c1ccc(COC[C@@H]2CCCN2CCN2CCC[C@H]2COCc2ccccc2)cc1. The molecule has 2 fully saturated rings. The summed E-state index contributed by atoms with van der Waals surface area (Å²) in [5.41, 5.74) is 2.52. The highest BCUT2D eigenvalue weighted by Gasteiger charge is 2.28. The molecule has 30 heavy (non-hydrogen) atoms. The molecule has 0 unspecified atom stereocenters. The van der Waals surface area contributed by atoms with E-state index < -0.39 is 0 Å². The van der Waals surface area contributed by atoms with Crippen LogP contribution in [0, 0.1) is 0 Å². The van der Waals surface area contributed by atoms with Gasteiger partial charge in [0.1, 0.15) is 0 Å². The minimum atomic E-state index is 0.573. The molecular weight excluding hydrogens is 372 g/mol. The van der Waals surface area contributed by atoms with Crippen molar-refractivity contribution in [1.29, 1.82) is 0 Å². The van der Waals surface area contributed by atoms with Gasteiger partial charge in [-0.1, -0.05) is 60.7 Å². The summed E-state index contributed by atoms with van der Waals surface area (Å²) in [4.78, 5) is 5.29. The normalized spacial score (nSPS) is 22.7. The zero-order chi connectivity index (χ0) is 20.4. The molecule has 2 aliphatic heterocycles. The van der Waals surface area contributed by atoms with Crippen LogP contribution < -0.4 is 0 Å². The molecule has 4 nitrogen and oxygen atoms in total. The first-order valence-corrected chi connectivity index (χ1v) is 11.6.